The summed E-state index contributed by atoms with van der Waals surface area (Å²) in [5, 5.41) is 11.8. The molecule has 2 aromatic heterocycles. The molecule has 8 nitrogen and oxygen atoms in total. The number of nitrogens with one attached hydrogen (secondary N) is 1. The van der Waals surface area contributed by atoms with Crippen LogP contribution >= 0.6 is 0 Å². The standard InChI is InChI=1S/C18H18N8/c19-5-13-9-25(10-13)15-1-3-16(4-2-15)26-11-18(23-12-26)24-17-8-21-14(6-20)7-22-17/h1-4,7-8,11-13H,5,9-10,19H2,(H,22,24). The highest BCUT2D eigenvalue weighted by Gasteiger charge is 2.25. The fourth-order valence-corrected chi connectivity index (χ4v) is 2.88. The van der Waals surface area contributed by atoms with Crippen molar-refractivity contribution in [3.8, 4) is 11.8 Å². The number of hydrogen-bond donors (Lipinski definition) is 2. The lowest BCUT2D eigenvalue weighted by atomic mass is 9.99. The van der Waals surface area contributed by atoms with Crippen molar-refractivity contribution in [2.75, 3.05) is 29.9 Å². The lowest BCUT2D eigenvalue weighted by Crippen LogP contribution is -2.49. The van der Waals surface area contributed by atoms with Crippen molar-refractivity contribution in [2.45, 2.75) is 0 Å². The van der Waals surface area contributed by atoms with E-state index in [0.29, 0.717) is 17.6 Å². The SMILES string of the molecule is N#Cc1cnc(Nc2cn(-c3ccc(N4CC(CN)C4)cc3)cn2)cn1. The highest BCUT2D eigenvalue weighted by Crippen LogP contribution is 2.25. The molecule has 1 fully saturated rings. The van der Waals surface area contributed by atoms with Gasteiger partial charge in [-0.3, -0.25) is 0 Å². The van der Waals surface area contributed by atoms with E-state index in [1.54, 1.807) is 6.33 Å². The van der Waals surface area contributed by atoms with Crippen LogP contribution in [-0.2, 0) is 0 Å². The second kappa shape index (κ2) is 6.82. The van der Waals surface area contributed by atoms with E-state index in [2.05, 4.69) is 49.4 Å². The van der Waals surface area contributed by atoms with Crippen LogP contribution in [0.1, 0.15) is 5.69 Å². The quantitative estimate of drug-likeness (QED) is 0.723. The molecule has 3 heterocycles. The van der Waals surface area contributed by atoms with Crippen LogP contribution in [0.15, 0.2) is 49.2 Å². The Balaban J connectivity index is 1.43. The Hall–Kier alpha value is -3.44. The van der Waals surface area contributed by atoms with Gasteiger partial charge in [0, 0.05) is 30.4 Å². The Kier molecular flexibility index (Phi) is 4.21. The summed E-state index contributed by atoms with van der Waals surface area (Å²) in [7, 11) is 0. The maximum absolute atomic E-state index is 8.75. The Bertz CT molecular complexity index is 917. The number of nitriles is 1. The van der Waals surface area contributed by atoms with E-state index < -0.39 is 0 Å². The average Bonchev–Trinajstić information content (AvgIpc) is 3.10. The fourth-order valence-electron chi connectivity index (χ4n) is 2.88. The van der Waals surface area contributed by atoms with Gasteiger partial charge >= 0.3 is 0 Å². The van der Waals surface area contributed by atoms with Crippen molar-refractivity contribution in [1.82, 2.24) is 19.5 Å². The van der Waals surface area contributed by atoms with Crippen molar-refractivity contribution in [2.24, 2.45) is 11.7 Å². The minimum absolute atomic E-state index is 0.279. The average molecular weight is 346 g/mol. The summed E-state index contributed by atoms with van der Waals surface area (Å²) >= 11 is 0. The van der Waals surface area contributed by atoms with E-state index in [-0.39, 0.29) is 5.69 Å². The van der Waals surface area contributed by atoms with Crippen LogP contribution in [0, 0.1) is 17.2 Å². The molecule has 0 saturated carbocycles. The highest BCUT2D eigenvalue weighted by molar-refractivity contribution is 5.54. The molecule has 130 valence electrons. The van der Waals surface area contributed by atoms with Crippen LogP contribution in [0.2, 0.25) is 0 Å². The molecule has 0 aliphatic carbocycles. The number of imidazole rings is 1. The molecule has 0 amide bonds. The van der Waals surface area contributed by atoms with Gasteiger partial charge in [0.15, 0.2) is 5.69 Å². The van der Waals surface area contributed by atoms with E-state index in [1.165, 1.54) is 18.1 Å². The van der Waals surface area contributed by atoms with Crippen LogP contribution in [0.4, 0.5) is 17.3 Å². The molecule has 0 spiro atoms. The van der Waals surface area contributed by atoms with Crippen LogP contribution in [0.25, 0.3) is 5.69 Å². The Labute approximate surface area is 150 Å². The predicted molar refractivity (Wildman–Crippen MR) is 98.4 cm³/mol. The Morgan fingerprint density at radius 3 is 2.50 bits per heavy atom. The van der Waals surface area contributed by atoms with E-state index in [0.717, 1.165) is 25.3 Å². The third kappa shape index (κ3) is 3.20. The zero-order chi connectivity index (χ0) is 17.9. The summed E-state index contributed by atoms with van der Waals surface area (Å²) in [5.74, 6) is 1.81. The summed E-state index contributed by atoms with van der Waals surface area (Å²) in [5.41, 5.74) is 8.20. The number of rotatable bonds is 5. The molecule has 0 radical (unpaired) electrons. The van der Waals surface area contributed by atoms with Crippen molar-refractivity contribution >= 4 is 17.3 Å². The zero-order valence-corrected chi connectivity index (χ0v) is 14.1. The molecular weight excluding hydrogens is 328 g/mol. The molecule has 0 atom stereocenters. The van der Waals surface area contributed by atoms with Gasteiger partial charge in [0.05, 0.1) is 18.6 Å². The first-order valence-corrected chi connectivity index (χ1v) is 8.34. The van der Waals surface area contributed by atoms with Crippen molar-refractivity contribution in [3.63, 3.8) is 0 Å². The first-order chi connectivity index (χ1) is 12.7. The van der Waals surface area contributed by atoms with E-state index in [9.17, 15) is 0 Å². The van der Waals surface area contributed by atoms with Crippen molar-refractivity contribution in [1.29, 1.82) is 5.26 Å². The molecule has 26 heavy (non-hydrogen) atoms. The van der Waals surface area contributed by atoms with Crippen LogP contribution in [0.3, 0.4) is 0 Å². The molecular formula is C18H18N8. The molecule has 3 N–H and O–H groups in total. The third-order valence-electron chi connectivity index (χ3n) is 4.41. The Morgan fingerprint density at radius 2 is 1.85 bits per heavy atom. The number of aromatic nitrogens is 4. The minimum atomic E-state index is 0.279. The molecule has 1 aliphatic rings. The van der Waals surface area contributed by atoms with Gasteiger partial charge in [-0.1, -0.05) is 0 Å². The van der Waals surface area contributed by atoms with Gasteiger partial charge in [-0.15, -0.1) is 0 Å². The van der Waals surface area contributed by atoms with Crippen molar-refractivity contribution < 1.29 is 0 Å². The maximum atomic E-state index is 8.75. The lowest BCUT2D eigenvalue weighted by molar-refractivity contribution is 0.420. The topological polar surface area (TPSA) is 109 Å². The molecule has 1 aliphatic heterocycles. The summed E-state index contributed by atoms with van der Waals surface area (Å²) in [4.78, 5) is 14.8. The maximum Gasteiger partial charge on any atom is 0.158 e. The molecule has 4 rings (SSSR count). The number of nitrogens with zero attached hydrogens (tertiary/aromatic N) is 6. The van der Waals surface area contributed by atoms with Gasteiger partial charge in [0.25, 0.3) is 0 Å². The van der Waals surface area contributed by atoms with Crippen LogP contribution in [0.5, 0.6) is 0 Å². The normalized spacial score (nSPS) is 13.9. The predicted octanol–water partition coefficient (Wildman–Crippen LogP) is 1.67. The summed E-state index contributed by atoms with van der Waals surface area (Å²) in [6.07, 6.45) is 6.54. The number of nitrogens with two attached hydrogens (primary N) is 1. The smallest absolute Gasteiger partial charge is 0.158 e. The van der Waals surface area contributed by atoms with Gasteiger partial charge < -0.3 is 20.5 Å². The number of anilines is 3. The third-order valence-corrected chi connectivity index (χ3v) is 4.41. The van der Waals surface area contributed by atoms with Gasteiger partial charge in [-0.2, -0.15) is 5.26 Å². The van der Waals surface area contributed by atoms with E-state index in [4.69, 9.17) is 11.0 Å². The molecule has 1 aromatic carbocycles. The summed E-state index contributed by atoms with van der Waals surface area (Å²) in [6, 6.07) is 10.3. The molecule has 0 bridgehead atoms. The molecule has 1 saturated heterocycles. The van der Waals surface area contributed by atoms with Crippen LogP contribution < -0.4 is 16.0 Å². The second-order valence-electron chi connectivity index (χ2n) is 6.21. The van der Waals surface area contributed by atoms with Gasteiger partial charge in [-0.05, 0) is 30.8 Å². The fraction of sp³-hybridized carbons (Fsp3) is 0.222. The first kappa shape index (κ1) is 16.1. The summed E-state index contributed by atoms with van der Waals surface area (Å²) < 4.78 is 1.93. The zero-order valence-electron chi connectivity index (χ0n) is 14.1. The highest BCUT2D eigenvalue weighted by atomic mass is 15.2. The second-order valence-corrected chi connectivity index (χ2v) is 6.21. The van der Waals surface area contributed by atoms with Crippen molar-refractivity contribution in [3.05, 3.63) is 54.9 Å². The molecule has 0 unspecified atom stereocenters. The van der Waals surface area contributed by atoms with Gasteiger partial charge in [0.1, 0.15) is 24.0 Å². The first-order valence-electron chi connectivity index (χ1n) is 8.34. The number of benzene rings is 1. The summed E-state index contributed by atoms with van der Waals surface area (Å²) in [6.45, 7) is 2.81. The van der Waals surface area contributed by atoms with E-state index >= 15 is 0 Å². The number of hydrogen-bond acceptors (Lipinski definition) is 7. The minimum Gasteiger partial charge on any atom is -0.371 e. The van der Waals surface area contributed by atoms with Gasteiger partial charge in [-0.25, -0.2) is 15.0 Å². The lowest BCUT2D eigenvalue weighted by Gasteiger charge is -2.40. The molecule has 8 heteroatoms. The monoisotopic (exact) mass is 346 g/mol. The van der Waals surface area contributed by atoms with Crippen LogP contribution in [-0.4, -0.2) is 39.2 Å². The van der Waals surface area contributed by atoms with E-state index in [1.807, 2.05) is 16.8 Å². The molecule has 3 aromatic rings. The Morgan fingerprint density at radius 1 is 1.08 bits per heavy atom. The van der Waals surface area contributed by atoms with Gasteiger partial charge in [0.2, 0.25) is 0 Å². The largest absolute Gasteiger partial charge is 0.371 e.